The number of rotatable bonds is 1. The Bertz CT molecular complexity index is 85.5. The molecule has 0 saturated carbocycles. The molecule has 0 saturated heterocycles. The largest absolute Gasteiger partial charge is 0.209 e. The second-order valence-corrected chi connectivity index (χ2v) is 0.743. The van der Waals surface area contributed by atoms with Crippen LogP contribution in [0.25, 0.3) is 0 Å². The normalized spacial score (nSPS) is 5.50. The summed E-state index contributed by atoms with van der Waals surface area (Å²) in [6.07, 6.45) is 0. The molecule has 2 nitrogen and oxygen atoms in total. The number of hydrogen-bond acceptors (Lipinski definition) is 2. The monoisotopic (exact) mass is 82.1 g/mol. The molecule has 6 heavy (non-hydrogen) atoms. The second-order valence-electron chi connectivity index (χ2n) is 0.743. The Kier molecular flexibility index (Phi) is 3.58. The second kappa shape index (κ2) is 4.16. The molecule has 2 heteroatoms. The molecule has 0 atom stereocenters. The van der Waals surface area contributed by atoms with E-state index < -0.39 is 0 Å². The fourth-order valence-corrected chi connectivity index (χ4v) is 0.119. The molecule has 0 aliphatic carbocycles. The van der Waals surface area contributed by atoms with Gasteiger partial charge in [-0.25, -0.2) is 5.53 Å². The molecule has 1 N–H and O–H groups in total. The molecule has 0 rings (SSSR count). The highest BCUT2D eigenvalue weighted by atomic mass is 14.9. The summed E-state index contributed by atoms with van der Waals surface area (Å²) in [6.45, 7) is 2.07. The van der Waals surface area contributed by atoms with E-state index in [0.717, 1.165) is 0 Å². The van der Waals surface area contributed by atoms with Gasteiger partial charge < -0.3 is 0 Å². The average molecular weight is 82.1 g/mol. The lowest BCUT2D eigenvalue weighted by molar-refractivity contribution is 1.02. The highest BCUT2D eigenvalue weighted by molar-refractivity contribution is 4.96. The van der Waals surface area contributed by atoms with Crippen molar-refractivity contribution in [3.8, 4) is 11.8 Å². The molecule has 0 unspecified atom stereocenters. The van der Waals surface area contributed by atoms with Crippen molar-refractivity contribution in [3.63, 3.8) is 0 Å². The predicted molar refractivity (Wildman–Crippen MR) is 23.5 cm³/mol. The minimum absolute atomic E-state index is 0.344. The minimum atomic E-state index is 0.344. The van der Waals surface area contributed by atoms with Gasteiger partial charge in [0.15, 0.2) is 0 Å². The minimum Gasteiger partial charge on any atom is -0.209 e. The quantitative estimate of drug-likeness (QED) is 0.362. The van der Waals surface area contributed by atoms with Crippen molar-refractivity contribution >= 4 is 0 Å². The van der Waals surface area contributed by atoms with Crippen molar-refractivity contribution in [1.82, 2.24) is 0 Å². The molecular formula is C4H6N2. The third-order valence-corrected chi connectivity index (χ3v) is 0.335. The van der Waals surface area contributed by atoms with Gasteiger partial charge in [0.05, 0.1) is 0 Å². The van der Waals surface area contributed by atoms with E-state index in [1.807, 2.05) is 0 Å². The van der Waals surface area contributed by atoms with Gasteiger partial charge >= 0.3 is 0 Å². The lowest BCUT2D eigenvalue weighted by atomic mass is 10.6. The van der Waals surface area contributed by atoms with Crippen LogP contribution in [0, 0.1) is 17.4 Å². The van der Waals surface area contributed by atoms with Crippen molar-refractivity contribution in [2.75, 3.05) is 6.54 Å². The molecule has 0 fully saturated rings. The van der Waals surface area contributed by atoms with E-state index in [2.05, 4.69) is 17.0 Å². The van der Waals surface area contributed by atoms with Crippen LogP contribution in [0.15, 0.2) is 5.11 Å². The lowest BCUT2D eigenvalue weighted by Crippen LogP contribution is -1.62. The fourth-order valence-electron chi connectivity index (χ4n) is 0.119. The highest BCUT2D eigenvalue weighted by Gasteiger charge is 1.56. The van der Waals surface area contributed by atoms with Gasteiger partial charge in [-0.1, -0.05) is 5.92 Å². The smallest absolute Gasteiger partial charge is 0.120 e. The van der Waals surface area contributed by atoms with Gasteiger partial charge in [0, 0.05) is 0 Å². The molecule has 32 valence electrons. The fraction of sp³-hybridized carbons (Fsp3) is 0.500. The van der Waals surface area contributed by atoms with Crippen LogP contribution in [-0.4, -0.2) is 6.54 Å². The van der Waals surface area contributed by atoms with Gasteiger partial charge in [-0.2, -0.15) is 5.11 Å². The first-order valence-electron chi connectivity index (χ1n) is 1.64. The first kappa shape index (κ1) is 5.16. The molecular weight excluding hydrogens is 76.1 g/mol. The zero-order valence-electron chi connectivity index (χ0n) is 3.65. The van der Waals surface area contributed by atoms with E-state index in [1.54, 1.807) is 6.92 Å². The summed E-state index contributed by atoms with van der Waals surface area (Å²) in [5.74, 6) is 5.20. The van der Waals surface area contributed by atoms with Gasteiger partial charge in [0.2, 0.25) is 0 Å². The van der Waals surface area contributed by atoms with Crippen LogP contribution in [0.1, 0.15) is 6.92 Å². The molecule has 0 spiro atoms. The van der Waals surface area contributed by atoms with Gasteiger partial charge in [-0.15, -0.1) is 5.92 Å². The van der Waals surface area contributed by atoms with Crippen LogP contribution in [-0.2, 0) is 0 Å². The van der Waals surface area contributed by atoms with Gasteiger partial charge in [-0.05, 0) is 6.92 Å². The molecule has 0 amide bonds. The van der Waals surface area contributed by atoms with Gasteiger partial charge in [-0.3, -0.25) is 0 Å². The number of nitrogens with one attached hydrogen (secondary N) is 1. The third kappa shape index (κ3) is 3.16. The Morgan fingerprint density at radius 2 is 2.50 bits per heavy atom. The van der Waals surface area contributed by atoms with Crippen molar-refractivity contribution in [2.24, 2.45) is 5.11 Å². The topological polar surface area (TPSA) is 36.2 Å². The number of hydrogen-bond donors (Lipinski definition) is 1. The maximum absolute atomic E-state index is 6.23. The summed E-state index contributed by atoms with van der Waals surface area (Å²) < 4.78 is 0. The molecule has 0 aromatic heterocycles. The standard InChI is InChI=1S/C4H6N2/c1-2-3-4-6-5/h5H,4H2,1H3. The van der Waals surface area contributed by atoms with Crippen LogP contribution in [0.3, 0.4) is 0 Å². The van der Waals surface area contributed by atoms with Crippen LogP contribution < -0.4 is 0 Å². The highest BCUT2D eigenvalue weighted by Crippen LogP contribution is 1.58. The first-order chi connectivity index (χ1) is 2.91. The Hall–Kier alpha value is -0.840. The van der Waals surface area contributed by atoms with Crippen molar-refractivity contribution in [2.45, 2.75) is 6.92 Å². The predicted octanol–water partition coefficient (Wildman–Crippen LogP) is 1.04. The number of nitrogens with zero attached hydrogens (tertiary/aromatic N) is 1. The van der Waals surface area contributed by atoms with E-state index in [-0.39, 0.29) is 0 Å². The molecule has 0 aromatic rings. The first-order valence-corrected chi connectivity index (χ1v) is 1.64. The Balaban J connectivity index is 3.00. The van der Waals surface area contributed by atoms with Crippen molar-refractivity contribution in [3.05, 3.63) is 0 Å². The molecule has 0 aliphatic heterocycles. The maximum Gasteiger partial charge on any atom is 0.120 e. The van der Waals surface area contributed by atoms with Crippen LogP contribution >= 0.6 is 0 Å². The van der Waals surface area contributed by atoms with E-state index in [0.29, 0.717) is 6.54 Å². The Labute approximate surface area is 37.1 Å². The van der Waals surface area contributed by atoms with Crippen LogP contribution in [0.4, 0.5) is 0 Å². The summed E-state index contributed by atoms with van der Waals surface area (Å²) in [4.78, 5) is 0. The summed E-state index contributed by atoms with van der Waals surface area (Å²) in [5.41, 5.74) is 6.23. The maximum atomic E-state index is 6.23. The average Bonchev–Trinajstić information content (AvgIpc) is 1.61. The summed E-state index contributed by atoms with van der Waals surface area (Å²) in [7, 11) is 0. The zero-order valence-corrected chi connectivity index (χ0v) is 3.65. The van der Waals surface area contributed by atoms with E-state index in [1.165, 1.54) is 0 Å². The third-order valence-electron chi connectivity index (χ3n) is 0.335. The van der Waals surface area contributed by atoms with Crippen LogP contribution in [0.5, 0.6) is 0 Å². The summed E-state index contributed by atoms with van der Waals surface area (Å²) >= 11 is 0. The Morgan fingerprint density at radius 1 is 1.83 bits per heavy atom. The molecule has 0 aromatic carbocycles. The zero-order chi connectivity index (χ0) is 4.83. The SMILES string of the molecule is CC#CCN=N. The van der Waals surface area contributed by atoms with E-state index in [9.17, 15) is 0 Å². The van der Waals surface area contributed by atoms with E-state index >= 15 is 0 Å². The van der Waals surface area contributed by atoms with E-state index in [4.69, 9.17) is 5.53 Å². The summed E-state index contributed by atoms with van der Waals surface area (Å²) in [6, 6.07) is 0. The van der Waals surface area contributed by atoms with Crippen molar-refractivity contribution in [1.29, 1.82) is 5.53 Å². The van der Waals surface area contributed by atoms with Crippen LogP contribution in [0.2, 0.25) is 0 Å². The van der Waals surface area contributed by atoms with Gasteiger partial charge in [0.25, 0.3) is 0 Å². The summed E-state index contributed by atoms with van der Waals surface area (Å²) in [5, 5.41) is 3.00. The molecule has 0 bridgehead atoms. The molecule has 0 radical (unpaired) electrons. The molecule has 0 aliphatic rings. The Morgan fingerprint density at radius 3 is 2.67 bits per heavy atom. The lowest BCUT2D eigenvalue weighted by Gasteiger charge is -1.63. The van der Waals surface area contributed by atoms with Crippen molar-refractivity contribution < 1.29 is 0 Å². The molecule has 0 heterocycles. The van der Waals surface area contributed by atoms with Gasteiger partial charge in [0.1, 0.15) is 6.54 Å².